The average molecular weight is 161 g/mol. The van der Waals surface area contributed by atoms with E-state index in [4.69, 9.17) is 16.3 Å². The highest BCUT2D eigenvalue weighted by Gasteiger charge is 1.83. The van der Waals surface area contributed by atoms with Gasteiger partial charge in [0.25, 0.3) is 0 Å². The van der Waals surface area contributed by atoms with Gasteiger partial charge < -0.3 is 4.74 Å². The lowest BCUT2D eigenvalue weighted by atomic mass is 10.3. The number of hydrogen-bond acceptors (Lipinski definition) is 1. The van der Waals surface area contributed by atoms with Crippen LogP contribution in [-0.2, 0) is 4.74 Å². The van der Waals surface area contributed by atoms with Crippen molar-refractivity contribution in [2.45, 2.75) is 6.92 Å². The van der Waals surface area contributed by atoms with Crippen LogP contribution >= 0.6 is 11.6 Å². The largest absolute Gasteiger partial charge is 0.373 e. The lowest BCUT2D eigenvalue weighted by Crippen LogP contribution is -1.91. The van der Waals surface area contributed by atoms with Gasteiger partial charge in [0.15, 0.2) is 0 Å². The van der Waals surface area contributed by atoms with E-state index in [1.165, 1.54) is 0 Å². The summed E-state index contributed by atoms with van der Waals surface area (Å²) in [5.41, 5.74) is 1.14. The van der Waals surface area contributed by atoms with Gasteiger partial charge in [-0.25, -0.2) is 0 Å². The van der Waals surface area contributed by atoms with Gasteiger partial charge in [0.1, 0.15) is 0 Å². The van der Waals surface area contributed by atoms with Crippen molar-refractivity contribution in [3.63, 3.8) is 0 Å². The second-order valence-electron chi connectivity index (χ2n) is 2.01. The number of ether oxygens (including phenoxy) is 1. The van der Waals surface area contributed by atoms with Crippen LogP contribution in [0.25, 0.3) is 0 Å². The van der Waals surface area contributed by atoms with E-state index in [0.29, 0.717) is 19.1 Å². The van der Waals surface area contributed by atoms with Crippen LogP contribution in [0, 0.1) is 0 Å². The Kier molecular flexibility index (Phi) is 6.66. The molecule has 0 heterocycles. The summed E-state index contributed by atoms with van der Waals surface area (Å²) in [7, 11) is 0. The number of allylic oxidation sites excluding steroid dienone is 1. The van der Waals surface area contributed by atoms with Gasteiger partial charge in [-0.2, -0.15) is 0 Å². The Bertz CT molecular complexity index is 118. The summed E-state index contributed by atoms with van der Waals surface area (Å²) in [6.07, 6.45) is 3.69. The molecule has 0 saturated carbocycles. The first-order chi connectivity index (χ1) is 4.81. The Labute approximate surface area is 67.3 Å². The number of halogens is 1. The summed E-state index contributed by atoms with van der Waals surface area (Å²) in [5, 5.41) is 0. The maximum absolute atomic E-state index is 5.52. The van der Waals surface area contributed by atoms with Gasteiger partial charge in [-0.3, -0.25) is 0 Å². The second kappa shape index (κ2) is 6.84. The molecule has 1 nitrogen and oxygen atoms in total. The van der Waals surface area contributed by atoms with Gasteiger partial charge in [-0.15, -0.1) is 18.2 Å². The first-order valence-electron chi connectivity index (χ1n) is 3.21. The molecular formula is C8H13ClO. The highest BCUT2D eigenvalue weighted by Crippen LogP contribution is 1.94. The lowest BCUT2D eigenvalue weighted by molar-refractivity contribution is 0.193. The van der Waals surface area contributed by atoms with Crippen molar-refractivity contribution in [1.82, 2.24) is 0 Å². The summed E-state index contributed by atoms with van der Waals surface area (Å²) in [4.78, 5) is 0. The summed E-state index contributed by atoms with van der Waals surface area (Å²) in [5.74, 6) is 0.581. The molecule has 0 unspecified atom stereocenters. The van der Waals surface area contributed by atoms with Crippen molar-refractivity contribution in [3.05, 3.63) is 24.3 Å². The fourth-order valence-electron chi connectivity index (χ4n) is 0.407. The molecule has 0 spiro atoms. The van der Waals surface area contributed by atoms with Crippen LogP contribution in [0.15, 0.2) is 24.3 Å². The Morgan fingerprint density at radius 1 is 1.60 bits per heavy atom. The van der Waals surface area contributed by atoms with Crippen LogP contribution in [0.5, 0.6) is 0 Å². The van der Waals surface area contributed by atoms with E-state index in [-0.39, 0.29) is 0 Å². The molecule has 10 heavy (non-hydrogen) atoms. The van der Waals surface area contributed by atoms with Crippen molar-refractivity contribution in [2.75, 3.05) is 19.1 Å². The van der Waals surface area contributed by atoms with Gasteiger partial charge in [0.05, 0.1) is 13.2 Å². The Morgan fingerprint density at radius 3 is 2.80 bits per heavy atom. The third kappa shape index (κ3) is 5.86. The van der Waals surface area contributed by atoms with E-state index in [2.05, 4.69) is 6.58 Å². The van der Waals surface area contributed by atoms with Gasteiger partial charge in [0, 0.05) is 5.88 Å². The molecule has 0 aliphatic heterocycles. The fraction of sp³-hybridized carbons (Fsp3) is 0.500. The van der Waals surface area contributed by atoms with E-state index < -0.39 is 0 Å². The summed E-state index contributed by atoms with van der Waals surface area (Å²) in [6.45, 7) is 6.73. The lowest BCUT2D eigenvalue weighted by Gasteiger charge is -1.95. The smallest absolute Gasteiger partial charge is 0.0654 e. The molecule has 0 fully saturated rings. The SMILES string of the molecule is C=CCOCC=C(C)CCl. The first-order valence-corrected chi connectivity index (χ1v) is 3.75. The molecule has 58 valence electrons. The highest BCUT2D eigenvalue weighted by atomic mass is 35.5. The van der Waals surface area contributed by atoms with Gasteiger partial charge in [-0.05, 0) is 6.92 Å². The van der Waals surface area contributed by atoms with E-state index in [1.54, 1.807) is 6.08 Å². The van der Waals surface area contributed by atoms with Gasteiger partial charge >= 0.3 is 0 Å². The maximum Gasteiger partial charge on any atom is 0.0654 e. The fourth-order valence-corrected chi connectivity index (χ4v) is 0.516. The minimum absolute atomic E-state index is 0.581. The molecule has 0 N–H and O–H groups in total. The molecule has 0 bridgehead atoms. The molecule has 0 aliphatic rings. The third-order valence-electron chi connectivity index (χ3n) is 0.996. The van der Waals surface area contributed by atoms with E-state index in [0.717, 1.165) is 5.57 Å². The van der Waals surface area contributed by atoms with Crippen LogP contribution in [0.4, 0.5) is 0 Å². The zero-order chi connectivity index (χ0) is 7.82. The quantitative estimate of drug-likeness (QED) is 0.341. The van der Waals surface area contributed by atoms with Crippen LogP contribution in [0.3, 0.4) is 0 Å². The normalized spacial score (nSPS) is 11.6. The molecule has 0 amide bonds. The first kappa shape index (κ1) is 9.73. The second-order valence-corrected chi connectivity index (χ2v) is 2.28. The average Bonchev–Trinajstić information content (AvgIpc) is 1.98. The van der Waals surface area contributed by atoms with Crippen molar-refractivity contribution < 1.29 is 4.74 Å². The minimum atomic E-state index is 0.581. The van der Waals surface area contributed by atoms with Crippen LogP contribution in [-0.4, -0.2) is 19.1 Å². The van der Waals surface area contributed by atoms with Gasteiger partial charge in [0.2, 0.25) is 0 Å². The van der Waals surface area contributed by atoms with E-state index >= 15 is 0 Å². The summed E-state index contributed by atoms with van der Waals surface area (Å²) < 4.78 is 5.10. The van der Waals surface area contributed by atoms with Crippen molar-refractivity contribution in [2.24, 2.45) is 0 Å². The zero-order valence-corrected chi connectivity index (χ0v) is 7.03. The molecule has 0 rings (SSSR count). The van der Waals surface area contributed by atoms with Crippen LogP contribution < -0.4 is 0 Å². The topological polar surface area (TPSA) is 9.23 Å². The molecule has 0 radical (unpaired) electrons. The molecule has 2 heteroatoms. The minimum Gasteiger partial charge on any atom is -0.373 e. The van der Waals surface area contributed by atoms with Crippen molar-refractivity contribution in [1.29, 1.82) is 0 Å². The molecule has 0 saturated heterocycles. The predicted molar refractivity (Wildman–Crippen MR) is 45.5 cm³/mol. The van der Waals surface area contributed by atoms with Crippen LogP contribution in [0.1, 0.15) is 6.92 Å². The zero-order valence-electron chi connectivity index (χ0n) is 6.27. The summed E-state index contributed by atoms with van der Waals surface area (Å²) in [6, 6.07) is 0. The van der Waals surface area contributed by atoms with Crippen molar-refractivity contribution >= 4 is 11.6 Å². The molecule has 0 aromatic carbocycles. The standard InChI is InChI=1S/C8H13ClO/c1-3-5-10-6-4-8(2)7-9/h3-4H,1,5-7H2,2H3. The Morgan fingerprint density at radius 2 is 2.30 bits per heavy atom. The highest BCUT2D eigenvalue weighted by molar-refractivity contribution is 6.19. The Hall–Kier alpha value is -0.270. The van der Waals surface area contributed by atoms with Crippen LogP contribution in [0.2, 0.25) is 0 Å². The molecule has 0 atom stereocenters. The van der Waals surface area contributed by atoms with E-state index in [9.17, 15) is 0 Å². The monoisotopic (exact) mass is 160 g/mol. The summed E-state index contributed by atoms with van der Waals surface area (Å²) >= 11 is 5.52. The number of alkyl halides is 1. The molecule has 0 aromatic heterocycles. The Balaban J connectivity index is 3.24. The number of rotatable bonds is 5. The predicted octanol–water partition coefficient (Wildman–Crippen LogP) is 2.37. The number of hydrogen-bond donors (Lipinski definition) is 0. The van der Waals surface area contributed by atoms with Gasteiger partial charge in [-0.1, -0.05) is 17.7 Å². The molecule has 0 aliphatic carbocycles. The maximum atomic E-state index is 5.52. The molecular weight excluding hydrogens is 148 g/mol. The van der Waals surface area contributed by atoms with E-state index in [1.807, 2.05) is 13.0 Å². The van der Waals surface area contributed by atoms with Crippen molar-refractivity contribution in [3.8, 4) is 0 Å². The molecule has 0 aromatic rings. The third-order valence-corrected chi connectivity index (χ3v) is 1.42.